The molecule has 6 nitrogen and oxygen atoms in total. The highest BCUT2D eigenvalue weighted by Crippen LogP contribution is 2.47. The van der Waals surface area contributed by atoms with Crippen LogP contribution in [-0.4, -0.2) is 55.7 Å². The van der Waals surface area contributed by atoms with Gasteiger partial charge in [-0.25, -0.2) is 0 Å². The van der Waals surface area contributed by atoms with Gasteiger partial charge in [-0.1, -0.05) is 12.1 Å². The molecule has 1 aromatic carbocycles. The second kappa shape index (κ2) is 8.18. The summed E-state index contributed by atoms with van der Waals surface area (Å²) in [4.78, 5) is 20.8. The Labute approximate surface area is 183 Å². The third kappa shape index (κ3) is 3.51. The number of nitrogens with one attached hydrogen (secondary N) is 1. The Bertz CT molecular complexity index is 753. The molecule has 0 aliphatic carbocycles. The lowest BCUT2D eigenvalue weighted by Gasteiger charge is -2.23. The van der Waals surface area contributed by atoms with Crippen molar-refractivity contribution in [2.75, 3.05) is 31.6 Å². The van der Waals surface area contributed by atoms with Gasteiger partial charge >= 0.3 is 0 Å². The number of rotatable bonds is 3. The number of benzene rings is 1. The quantitative estimate of drug-likeness (QED) is 0.397. The zero-order valence-electron chi connectivity index (χ0n) is 16.3. The van der Waals surface area contributed by atoms with Crippen LogP contribution in [0.3, 0.4) is 0 Å². The molecule has 152 valence electrons. The molecule has 4 unspecified atom stereocenters. The summed E-state index contributed by atoms with van der Waals surface area (Å²) in [5.74, 6) is 2.56. The highest BCUT2D eigenvalue weighted by molar-refractivity contribution is 14.0. The highest BCUT2D eigenvalue weighted by Gasteiger charge is 2.53. The van der Waals surface area contributed by atoms with Gasteiger partial charge < -0.3 is 19.9 Å². The van der Waals surface area contributed by atoms with Crippen LogP contribution in [0.25, 0.3) is 0 Å². The van der Waals surface area contributed by atoms with Crippen LogP contribution in [0.2, 0.25) is 0 Å². The Hall–Kier alpha value is -1.35. The van der Waals surface area contributed by atoms with Gasteiger partial charge in [0.1, 0.15) is 0 Å². The molecule has 4 aliphatic rings. The van der Waals surface area contributed by atoms with E-state index in [1.165, 1.54) is 18.4 Å². The maximum Gasteiger partial charge on any atom is 0.227 e. The number of halogens is 1. The minimum absolute atomic E-state index is 0. The van der Waals surface area contributed by atoms with Crippen molar-refractivity contribution in [3.8, 4) is 0 Å². The lowest BCUT2D eigenvalue weighted by molar-refractivity contribution is -0.117. The summed E-state index contributed by atoms with van der Waals surface area (Å²) in [6.45, 7) is 3.65. The van der Waals surface area contributed by atoms with Crippen LogP contribution in [0.15, 0.2) is 29.3 Å². The minimum Gasteiger partial charge on any atom is -0.374 e. The third-order valence-corrected chi connectivity index (χ3v) is 6.71. The van der Waals surface area contributed by atoms with Crippen LogP contribution >= 0.6 is 24.0 Å². The van der Waals surface area contributed by atoms with Crippen molar-refractivity contribution in [1.82, 2.24) is 10.2 Å². The first-order valence-corrected chi connectivity index (χ1v) is 10.2. The number of aliphatic imine (C=N–C) groups is 1. The van der Waals surface area contributed by atoms with Crippen molar-refractivity contribution in [1.29, 1.82) is 0 Å². The molecule has 28 heavy (non-hydrogen) atoms. The van der Waals surface area contributed by atoms with Crippen molar-refractivity contribution < 1.29 is 9.53 Å². The van der Waals surface area contributed by atoms with E-state index in [0.29, 0.717) is 30.5 Å². The fourth-order valence-electron chi connectivity index (χ4n) is 5.40. The predicted octanol–water partition coefficient (Wildman–Crippen LogP) is 2.62. The molecule has 1 N–H and O–H groups in total. The molecule has 1 amide bonds. The zero-order chi connectivity index (χ0) is 18.4. The van der Waals surface area contributed by atoms with Gasteiger partial charge in [0.25, 0.3) is 0 Å². The van der Waals surface area contributed by atoms with Gasteiger partial charge in [-0.05, 0) is 37.0 Å². The molecule has 4 aliphatic heterocycles. The SMILES string of the molecule is CN=C(NCc1cccc(N2CCCC2=O)c1)N1CC2C3CCC(O3)C2C1.I. The molecule has 0 aromatic heterocycles. The van der Waals surface area contributed by atoms with E-state index in [2.05, 4.69) is 27.3 Å². The summed E-state index contributed by atoms with van der Waals surface area (Å²) in [6, 6.07) is 8.29. The van der Waals surface area contributed by atoms with Crippen molar-refractivity contribution in [2.24, 2.45) is 16.8 Å². The van der Waals surface area contributed by atoms with Gasteiger partial charge in [0.15, 0.2) is 5.96 Å². The topological polar surface area (TPSA) is 57.2 Å². The molecule has 1 aromatic rings. The third-order valence-electron chi connectivity index (χ3n) is 6.71. The van der Waals surface area contributed by atoms with Crippen molar-refractivity contribution in [3.05, 3.63) is 29.8 Å². The second-order valence-corrected chi connectivity index (χ2v) is 8.24. The van der Waals surface area contributed by atoms with Gasteiger partial charge in [-0.2, -0.15) is 0 Å². The van der Waals surface area contributed by atoms with Crippen LogP contribution < -0.4 is 10.2 Å². The van der Waals surface area contributed by atoms with E-state index in [1.807, 2.05) is 24.1 Å². The Morgan fingerprint density at radius 2 is 2.00 bits per heavy atom. The average Bonchev–Trinajstić information content (AvgIpc) is 3.44. The number of carbonyl (C=O) groups is 1. The van der Waals surface area contributed by atoms with Crippen molar-refractivity contribution in [3.63, 3.8) is 0 Å². The van der Waals surface area contributed by atoms with Gasteiger partial charge in [-0.15, -0.1) is 24.0 Å². The number of likely N-dealkylation sites (tertiary alicyclic amines) is 1. The number of carbonyl (C=O) groups excluding carboxylic acids is 1. The summed E-state index contributed by atoms with van der Waals surface area (Å²) in [5, 5.41) is 3.53. The van der Waals surface area contributed by atoms with Gasteiger partial charge in [0, 0.05) is 57.2 Å². The first-order chi connectivity index (χ1) is 13.2. The molecule has 4 heterocycles. The summed E-state index contributed by atoms with van der Waals surface area (Å²) in [5.41, 5.74) is 2.19. The number of nitrogens with zero attached hydrogens (tertiary/aromatic N) is 3. The first kappa shape index (κ1) is 19.9. The molecule has 7 heteroatoms. The monoisotopic (exact) mass is 496 g/mol. The van der Waals surface area contributed by atoms with Crippen LogP contribution in [0, 0.1) is 11.8 Å². The molecular weight excluding hydrogens is 467 g/mol. The van der Waals surface area contributed by atoms with E-state index >= 15 is 0 Å². The Morgan fingerprint density at radius 3 is 2.64 bits per heavy atom. The normalized spacial score (nSPS) is 31.3. The van der Waals surface area contributed by atoms with E-state index in [9.17, 15) is 4.79 Å². The van der Waals surface area contributed by atoms with Crippen LogP contribution in [0.1, 0.15) is 31.2 Å². The Kier molecular flexibility index (Phi) is 5.83. The molecular formula is C21H29IN4O2. The number of anilines is 1. The molecule has 5 rings (SSSR count). The minimum atomic E-state index is 0. The smallest absolute Gasteiger partial charge is 0.227 e. The number of ether oxygens (including phenoxy) is 1. The molecule has 4 fully saturated rings. The standard InChI is InChI=1S/C21H28N4O2.HI/c1-22-21(24-12-16-17(13-24)19-8-7-18(16)27-19)23-11-14-4-2-5-15(10-14)25-9-3-6-20(25)26;/h2,4-5,10,16-19H,3,6-9,11-13H2,1H3,(H,22,23);1H. The van der Waals surface area contributed by atoms with Crippen molar-refractivity contribution >= 4 is 41.5 Å². The maximum absolute atomic E-state index is 12.0. The lowest BCUT2D eigenvalue weighted by Crippen LogP contribution is -2.41. The van der Waals surface area contributed by atoms with E-state index < -0.39 is 0 Å². The van der Waals surface area contributed by atoms with Crippen LogP contribution in [-0.2, 0) is 16.1 Å². The largest absolute Gasteiger partial charge is 0.374 e. The van der Waals surface area contributed by atoms with E-state index in [0.717, 1.165) is 44.2 Å². The highest BCUT2D eigenvalue weighted by atomic mass is 127. The van der Waals surface area contributed by atoms with E-state index in [-0.39, 0.29) is 29.9 Å². The van der Waals surface area contributed by atoms with Gasteiger partial charge in [-0.3, -0.25) is 9.79 Å². The average molecular weight is 496 g/mol. The zero-order valence-corrected chi connectivity index (χ0v) is 18.7. The summed E-state index contributed by atoms with van der Waals surface area (Å²) < 4.78 is 6.08. The fraction of sp³-hybridized carbons (Fsp3) is 0.619. The Balaban J connectivity index is 0.00000192. The van der Waals surface area contributed by atoms with Gasteiger partial charge in [0.2, 0.25) is 5.91 Å². The summed E-state index contributed by atoms with van der Waals surface area (Å²) in [7, 11) is 1.86. The van der Waals surface area contributed by atoms with E-state index in [1.54, 1.807) is 0 Å². The number of hydrogen-bond donors (Lipinski definition) is 1. The van der Waals surface area contributed by atoms with Gasteiger partial charge in [0.05, 0.1) is 12.2 Å². The number of amides is 1. The second-order valence-electron chi connectivity index (χ2n) is 8.24. The lowest BCUT2D eigenvalue weighted by atomic mass is 9.82. The molecule has 0 saturated carbocycles. The first-order valence-electron chi connectivity index (χ1n) is 10.2. The molecule has 2 bridgehead atoms. The number of guanidine groups is 1. The molecule has 4 atom stereocenters. The Morgan fingerprint density at radius 1 is 1.25 bits per heavy atom. The van der Waals surface area contributed by atoms with Crippen LogP contribution in [0.4, 0.5) is 5.69 Å². The van der Waals surface area contributed by atoms with E-state index in [4.69, 9.17) is 4.74 Å². The molecule has 0 spiro atoms. The summed E-state index contributed by atoms with van der Waals surface area (Å²) >= 11 is 0. The maximum atomic E-state index is 12.0. The predicted molar refractivity (Wildman–Crippen MR) is 120 cm³/mol. The van der Waals surface area contributed by atoms with Crippen molar-refractivity contribution in [2.45, 2.75) is 44.4 Å². The molecule has 0 radical (unpaired) electrons. The number of hydrogen-bond acceptors (Lipinski definition) is 3. The summed E-state index contributed by atoms with van der Waals surface area (Å²) in [6.07, 6.45) is 5.02. The molecule has 4 saturated heterocycles. The van der Waals surface area contributed by atoms with Crippen LogP contribution in [0.5, 0.6) is 0 Å². The number of fused-ring (bicyclic) bond motifs is 5. The fourth-order valence-corrected chi connectivity index (χ4v) is 5.40.